The number of carbonyl (C=O) groups is 3. The number of hydrogen-bond donors (Lipinski definition) is 2. The minimum atomic E-state index is -1.05. The van der Waals surface area contributed by atoms with Crippen LogP contribution in [-0.4, -0.2) is 36.0 Å². The molecule has 1 aliphatic rings. The summed E-state index contributed by atoms with van der Waals surface area (Å²) < 4.78 is 5.12. The van der Waals surface area contributed by atoms with Crippen molar-refractivity contribution < 1.29 is 19.1 Å². The molecule has 2 rings (SSSR count). The van der Waals surface area contributed by atoms with Crippen LogP contribution < -0.4 is 10.6 Å². The maximum atomic E-state index is 12.4. The van der Waals surface area contributed by atoms with Crippen molar-refractivity contribution >= 4 is 17.8 Å². The number of nitrogens with zero attached hydrogens (tertiary/aromatic N) is 1. The summed E-state index contributed by atoms with van der Waals surface area (Å²) in [6.07, 6.45) is 2.95. The molecule has 7 heteroatoms. The molecule has 2 N–H and O–H groups in total. The largest absolute Gasteiger partial charge is 0.451 e. The summed E-state index contributed by atoms with van der Waals surface area (Å²) in [5.41, 5.74) is 0.641. The van der Waals surface area contributed by atoms with Crippen LogP contribution in [0.3, 0.4) is 0 Å². The van der Waals surface area contributed by atoms with Gasteiger partial charge < -0.3 is 15.4 Å². The minimum absolute atomic E-state index is 0.0166. The molecule has 1 saturated carbocycles. The third-order valence-corrected chi connectivity index (χ3v) is 5.37. The Balaban J connectivity index is 1.82. The lowest BCUT2D eigenvalue weighted by Gasteiger charge is -2.32. The number of esters is 1. The molecule has 0 aliphatic heterocycles. The van der Waals surface area contributed by atoms with Gasteiger partial charge in [0.1, 0.15) is 12.1 Å². The van der Waals surface area contributed by atoms with Crippen LogP contribution in [0.4, 0.5) is 0 Å². The molecule has 0 heterocycles. The van der Waals surface area contributed by atoms with Crippen molar-refractivity contribution in [1.82, 2.24) is 10.6 Å². The van der Waals surface area contributed by atoms with Crippen LogP contribution in [-0.2, 0) is 19.7 Å². The van der Waals surface area contributed by atoms with Gasteiger partial charge in [-0.05, 0) is 42.9 Å². The van der Waals surface area contributed by atoms with Gasteiger partial charge in [0.2, 0.25) is 0 Å². The smallest absolute Gasteiger partial charge is 0.326 e. The van der Waals surface area contributed by atoms with Crippen LogP contribution in [0, 0.1) is 11.3 Å². The third kappa shape index (κ3) is 6.31. The average Bonchev–Trinajstić information content (AvgIpc) is 2.72. The fraction of sp³-hybridized carbons (Fsp3) is 0.565. The molecule has 1 aromatic carbocycles. The normalized spacial score (nSPS) is 16.6. The summed E-state index contributed by atoms with van der Waals surface area (Å²) in [6, 6.07) is 9.39. The van der Waals surface area contributed by atoms with Gasteiger partial charge in [-0.15, -0.1) is 0 Å². The summed E-state index contributed by atoms with van der Waals surface area (Å²) in [5, 5.41) is 14.7. The zero-order valence-electron chi connectivity index (χ0n) is 18.2. The highest BCUT2D eigenvalue weighted by Gasteiger charge is 2.35. The number of carbonyl (C=O) groups excluding carboxylic acids is 3. The number of rotatable bonds is 6. The molecule has 0 saturated heterocycles. The van der Waals surface area contributed by atoms with E-state index < -0.39 is 29.4 Å². The molecule has 30 heavy (non-hydrogen) atoms. The van der Waals surface area contributed by atoms with Gasteiger partial charge in [-0.1, -0.05) is 52.2 Å². The van der Waals surface area contributed by atoms with Crippen molar-refractivity contribution in [1.29, 1.82) is 5.26 Å². The van der Waals surface area contributed by atoms with Gasteiger partial charge in [-0.2, -0.15) is 5.26 Å². The molecule has 1 aliphatic carbocycles. The van der Waals surface area contributed by atoms with E-state index in [0.29, 0.717) is 18.4 Å². The first-order valence-corrected chi connectivity index (χ1v) is 10.4. The Morgan fingerprint density at radius 3 is 2.27 bits per heavy atom. The third-order valence-electron chi connectivity index (χ3n) is 5.37. The van der Waals surface area contributed by atoms with Crippen LogP contribution in [0.2, 0.25) is 0 Å². The van der Waals surface area contributed by atoms with Crippen LogP contribution in [0.1, 0.15) is 75.7 Å². The number of benzene rings is 1. The molecular formula is C23H31N3O4. The van der Waals surface area contributed by atoms with Crippen LogP contribution in [0.5, 0.6) is 0 Å². The molecule has 0 radical (unpaired) electrons. The molecule has 7 nitrogen and oxygen atoms in total. The van der Waals surface area contributed by atoms with E-state index in [4.69, 9.17) is 4.74 Å². The second-order valence-corrected chi connectivity index (χ2v) is 8.89. The van der Waals surface area contributed by atoms with Crippen molar-refractivity contribution in [3.05, 3.63) is 35.4 Å². The fourth-order valence-electron chi connectivity index (χ4n) is 3.43. The Hall–Kier alpha value is -2.88. The van der Waals surface area contributed by atoms with Gasteiger partial charge >= 0.3 is 5.97 Å². The standard InChI is InChI=1S/C23H31N3O4/c1-16(20(28)26-23(15-24)12-6-5-7-13-23)30-19(27)14-25-21(29)17-8-10-18(11-9-17)22(2,3)4/h8-11,16H,5-7,12-14H2,1-4H3,(H,25,29)(H,26,28)/t16-/m1/s1. The number of ether oxygens (including phenoxy) is 1. The van der Waals surface area contributed by atoms with E-state index in [1.165, 1.54) is 6.92 Å². The highest BCUT2D eigenvalue weighted by atomic mass is 16.5. The molecule has 1 fully saturated rings. The Labute approximate surface area is 178 Å². The molecule has 1 atom stereocenters. The number of amides is 2. The zero-order chi connectivity index (χ0) is 22.4. The van der Waals surface area contributed by atoms with E-state index in [1.807, 2.05) is 12.1 Å². The number of hydrogen-bond acceptors (Lipinski definition) is 5. The monoisotopic (exact) mass is 413 g/mol. The van der Waals surface area contributed by atoms with E-state index in [-0.39, 0.29) is 12.0 Å². The molecule has 0 aromatic heterocycles. The van der Waals surface area contributed by atoms with Crippen LogP contribution in [0.15, 0.2) is 24.3 Å². The van der Waals surface area contributed by atoms with E-state index in [2.05, 4.69) is 37.5 Å². The zero-order valence-corrected chi connectivity index (χ0v) is 18.2. The van der Waals surface area contributed by atoms with Gasteiger partial charge in [-0.25, -0.2) is 0 Å². The summed E-state index contributed by atoms with van der Waals surface area (Å²) in [7, 11) is 0. The lowest BCUT2D eigenvalue weighted by atomic mass is 9.83. The fourth-order valence-corrected chi connectivity index (χ4v) is 3.43. The topological polar surface area (TPSA) is 108 Å². The van der Waals surface area contributed by atoms with Crippen LogP contribution >= 0.6 is 0 Å². The van der Waals surface area contributed by atoms with Gasteiger partial charge in [0, 0.05) is 5.56 Å². The molecule has 2 amide bonds. The maximum absolute atomic E-state index is 12.4. The Bertz CT molecular complexity index is 812. The van der Waals surface area contributed by atoms with Gasteiger partial charge in [-0.3, -0.25) is 14.4 Å². The molecule has 0 spiro atoms. The second-order valence-electron chi connectivity index (χ2n) is 8.89. The lowest BCUT2D eigenvalue weighted by molar-refractivity contribution is -0.154. The average molecular weight is 414 g/mol. The van der Waals surface area contributed by atoms with Crippen LogP contribution in [0.25, 0.3) is 0 Å². The van der Waals surface area contributed by atoms with Crippen molar-refractivity contribution in [2.24, 2.45) is 0 Å². The predicted octanol–water partition coefficient (Wildman–Crippen LogP) is 2.99. The summed E-state index contributed by atoms with van der Waals surface area (Å²) in [4.78, 5) is 36.6. The second kappa shape index (κ2) is 9.75. The molecule has 0 unspecified atom stereocenters. The first kappa shape index (κ1) is 23.4. The van der Waals surface area contributed by atoms with E-state index >= 15 is 0 Å². The molecular weight excluding hydrogens is 382 g/mol. The highest BCUT2D eigenvalue weighted by Crippen LogP contribution is 2.27. The van der Waals surface area contributed by atoms with Crippen molar-refractivity contribution in [3.8, 4) is 6.07 Å². The summed E-state index contributed by atoms with van der Waals surface area (Å²) in [6.45, 7) is 7.36. The quantitative estimate of drug-likeness (QED) is 0.697. The first-order valence-electron chi connectivity index (χ1n) is 10.4. The molecule has 0 bridgehead atoms. The number of nitriles is 1. The van der Waals surface area contributed by atoms with Crippen molar-refractivity contribution in [2.45, 2.75) is 76.9 Å². The lowest BCUT2D eigenvalue weighted by Crippen LogP contribution is -2.52. The Morgan fingerprint density at radius 1 is 1.13 bits per heavy atom. The highest BCUT2D eigenvalue weighted by molar-refractivity contribution is 5.96. The number of nitrogens with one attached hydrogen (secondary N) is 2. The van der Waals surface area contributed by atoms with E-state index in [1.54, 1.807) is 12.1 Å². The van der Waals surface area contributed by atoms with Crippen molar-refractivity contribution in [3.63, 3.8) is 0 Å². The molecule has 162 valence electrons. The predicted molar refractivity (Wildman–Crippen MR) is 113 cm³/mol. The van der Waals surface area contributed by atoms with Gasteiger partial charge in [0.15, 0.2) is 6.10 Å². The van der Waals surface area contributed by atoms with Gasteiger partial charge in [0.25, 0.3) is 11.8 Å². The SMILES string of the molecule is C[C@@H](OC(=O)CNC(=O)c1ccc(C(C)(C)C)cc1)C(=O)NC1(C#N)CCCCC1. The Morgan fingerprint density at radius 2 is 1.73 bits per heavy atom. The maximum Gasteiger partial charge on any atom is 0.326 e. The first-order chi connectivity index (χ1) is 14.1. The van der Waals surface area contributed by atoms with E-state index in [9.17, 15) is 19.6 Å². The minimum Gasteiger partial charge on any atom is -0.451 e. The van der Waals surface area contributed by atoms with E-state index in [0.717, 1.165) is 24.8 Å². The molecule has 1 aromatic rings. The summed E-state index contributed by atoms with van der Waals surface area (Å²) in [5.74, 6) is -1.61. The van der Waals surface area contributed by atoms with Crippen molar-refractivity contribution in [2.75, 3.05) is 6.54 Å². The Kier molecular flexibility index (Phi) is 7.60. The van der Waals surface area contributed by atoms with Gasteiger partial charge in [0.05, 0.1) is 6.07 Å². The summed E-state index contributed by atoms with van der Waals surface area (Å²) >= 11 is 0.